The average Bonchev–Trinajstić information content (AvgIpc) is 3.23. The van der Waals surface area contributed by atoms with Crippen molar-refractivity contribution in [2.75, 3.05) is 37.3 Å². The van der Waals surface area contributed by atoms with Gasteiger partial charge in [0.05, 0.1) is 24.1 Å². The Hall–Kier alpha value is -2.29. The van der Waals surface area contributed by atoms with Crippen LogP contribution in [-0.4, -0.2) is 52.2 Å². The van der Waals surface area contributed by atoms with Crippen LogP contribution >= 0.6 is 11.6 Å². The number of carbonyl (C=O) groups is 1. The van der Waals surface area contributed by atoms with Gasteiger partial charge in [-0.2, -0.15) is 0 Å². The zero-order valence-corrected chi connectivity index (χ0v) is 19.4. The van der Waals surface area contributed by atoms with Gasteiger partial charge in [-0.15, -0.1) is 0 Å². The molecule has 1 N–H and O–H groups in total. The second-order valence-electron chi connectivity index (χ2n) is 7.66. The molecule has 0 aliphatic carbocycles. The van der Waals surface area contributed by atoms with Crippen LogP contribution in [0.5, 0.6) is 5.75 Å². The van der Waals surface area contributed by atoms with Crippen molar-refractivity contribution in [2.45, 2.75) is 25.9 Å². The highest BCUT2D eigenvalue weighted by Crippen LogP contribution is 2.30. The van der Waals surface area contributed by atoms with Crippen molar-refractivity contribution in [3.05, 3.63) is 58.6 Å². The van der Waals surface area contributed by atoms with Crippen LogP contribution in [-0.2, 0) is 27.9 Å². The number of nitrogens with one attached hydrogen (secondary N) is 1. The molecule has 1 aliphatic heterocycles. The second kappa shape index (κ2) is 10.3. The van der Waals surface area contributed by atoms with Crippen LogP contribution in [0.1, 0.15) is 24.0 Å². The topological polar surface area (TPSA) is 79.0 Å². The Balaban J connectivity index is 1.59. The number of amides is 1. The lowest BCUT2D eigenvalue weighted by molar-refractivity contribution is -0.119. The summed E-state index contributed by atoms with van der Waals surface area (Å²) in [6.07, 6.45) is 3.58. The van der Waals surface area contributed by atoms with Gasteiger partial charge in [-0.25, -0.2) is 8.42 Å². The maximum atomic E-state index is 12.5. The zero-order chi connectivity index (χ0) is 22.4. The van der Waals surface area contributed by atoms with Gasteiger partial charge in [-0.3, -0.25) is 14.0 Å². The van der Waals surface area contributed by atoms with E-state index in [-0.39, 0.29) is 11.6 Å². The van der Waals surface area contributed by atoms with Gasteiger partial charge in [-0.1, -0.05) is 35.9 Å². The lowest BCUT2D eigenvalue weighted by atomic mass is 10.1. The summed E-state index contributed by atoms with van der Waals surface area (Å²) in [5.74, 6) is 0.0232. The molecule has 0 bridgehead atoms. The lowest BCUT2D eigenvalue weighted by Gasteiger charge is -2.22. The Kier molecular flexibility index (Phi) is 7.80. The van der Waals surface area contributed by atoms with E-state index < -0.39 is 15.9 Å². The Morgan fingerprint density at radius 1 is 1.13 bits per heavy atom. The number of hydrogen-bond acceptors (Lipinski definition) is 5. The van der Waals surface area contributed by atoms with Crippen LogP contribution in [0.2, 0.25) is 5.02 Å². The van der Waals surface area contributed by atoms with Crippen LogP contribution in [0.25, 0.3) is 0 Å². The minimum Gasteiger partial charge on any atom is -0.495 e. The summed E-state index contributed by atoms with van der Waals surface area (Å²) in [5.41, 5.74) is 2.50. The standard InChI is InChI=1S/C22H28ClN3O4S/c1-30-21-10-9-19(13-20(21)23)26(31(2,28)29)16-22(27)24-14-17-5-7-18(8-6-17)15-25-11-3-4-12-25/h5-10,13H,3-4,11-12,14-16H2,1-2H3,(H,24,27). The largest absolute Gasteiger partial charge is 0.495 e. The van der Waals surface area contributed by atoms with E-state index in [2.05, 4.69) is 22.3 Å². The van der Waals surface area contributed by atoms with Crippen molar-refractivity contribution in [3.8, 4) is 5.75 Å². The summed E-state index contributed by atoms with van der Waals surface area (Å²) in [6, 6.07) is 12.7. The summed E-state index contributed by atoms with van der Waals surface area (Å²) >= 11 is 6.12. The molecule has 0 aromatic heterocycles. The quantitative estimate of drug-likeness (QED) is 0.615. The fourth-order valence-electron chi connectivity index (χ4n) is 3.56. The molecule has 2 aromatic carbocycles. The molecule has 0 atom stereocenters. The molecule has 1 heterocycles. The van der Waals surface area contributed by atoms with Crippen molar-refractivity contribution in [1.29, 1.82) is 0 Å². The van der Waals surface area contributed by atoms with Crippen LogP contribution in [0.3, 0.4) is 0 Å². The van der Waals surface area contributed by atoms with Crippen molar-refractivity contribution >= 4 is 33.2 Å². The molecule has 9 heteroatoms. The number of rotatable bonds is 9. The highest BCUT2D eigenvalue weighted by Gasteiger charge is 2.22. The first-order valence-electron chi connectivity index (χ1n) is 10.1. The van der Waals surface area contributed by atoms with Gasteiger partial charge in [0.25, 0.3) is 0 Å². The average molecular weight is 466 g/mol. The van der Waals surface area contributed by atoms with Gasteiger partial charge in [0.2, 0.25) is 15.9 Å². The number of hydrogen-bond donors (Lipinski definition) is 1. The van der Waals surface area contributed by atoms with E-state index in [1.54, 1.807) is 12.1 Å². The number of anilines is 1. The van der Waals surface area contributed by atoms with Crippen molar-refractivity contribution < 1.29 is 17.9 Å². The van der Waals surface area contributed by atoms with Gasteiger partial charge >= 0.3 is 0 Å². The SMILES string of the molecule is COc1ccc(N(CC(=O)NCc2ccc(CN3CCCC3)cc2)S(C)(=O)=O)cc1Cl. The maximum absolute atomic E-state index is 12.5. The van der Waals surface area contributed by atoms with Gasteiger partial charge in [0.1, 0.15) is 12.3 Å². The molecule has 7 nitrogen and oxygen atoms in total. The predicted molar refractivity (Wildman–Crippen MR) is 123 cm³/mol. The van der Waals surface area contributed by atoms with E-state index in [4.69, 9.17) is 16.3 Å². The molecular weight excluding hydrogens is 438 g/mol. The summed E-state index contributed by atoms with van der Waals surface area (Å²) < 4.78 is 30.6. The molecule has 0 spiro atoms. The number of ether oxygens (including phenoxy) is 1. The first kappa shape index (κ1) is 23.4. The molecule has 2 aromatic rings. The Morgan fingerprint density at radius 2 is 1.77 bits per heavy atom. The van der Waals surface area contributed by atoms with Crippen molar-refractivity contribution in [3.63, 3.8) is 0 Å². The second-order valence-corrected chi connectivity index (χ2v) is 9.98. The Morgan fingerprint density at radius 3 is 2.35 bits per heavy atom. The third kappa shape index (κ3) is 6.59. The van der Waals surface area contributed by atoms with E-state index in [0.29, 0.717) is 18.0 Å². The maximum Gasteiger partial charge on any atom is 0.241 e. The molecule has 31 heavy (non-hydrogen) atoms. The van der Waals surface area contributed by atoms with Gasteiger partial charge in [-0.05, 0) is 55.3 Å². The minimum absolute atomic E-state index is 0.267. The molecule has 3 rings (SSSR count). The summed E-state index contributed by atoms with van der Waals surface area (Å²) in [5, 5.41) is 3.05. The molecule has 0 unspecified atom stereocenters. The fraction of sp³-hybridized carbons (Fsp3) is 0.409. The highest BCUT2D eigenvalue weighted by molar-refractivity contribution is 7.92. The molecule has 0 saturated carbocycles. The molecule has 0 radical (unpaired) electrons. The zero-order valence-electron chi connectivity index (χ0n) is 17.8. The minimum atomic E-state index is -3.68. The van der Waals surface area contributed by atoms with E-state index in [1.807, 2.05) is 12.1 Å². The Bertz CT molecular complexity index is 1010. The number of halogens is 1. The first-order valence-corrected chi connectivity index (χ1v) is 12.4. The summed E-state index contributed by atoms with van der Waals surface area (Å²) in [6.45, 7) is 3.22. The van der Waals surface area contributed by atoms with Crippen molar-refractivity contribution in [1.82, 2.24) is 10.2 Å². The smallest absolute Gasteiger partial charge is 0.241 e. The molecular formula is C22H28ClN3O4S. The molecule has 1 amide bonds. The molecule has 1 aliphatic rings. The van der Waals surface area contributed by atoms with Crippen LogP contribution in [0, 0.1) is 0 Å². The van der Waals surface area contributed by atoms with Gasteiger partial charge in [0.15, 0.2) is 0 Å². The third-order valence-electron chi connectivity index (χ3n) is 5.23. The number of sulfonamides is 1. The fourth-order valence-corrected chi connectivity index (χ4v) is 4.66. The number of methoxy groups -OCH3 is 1. The summed E-state index contributed by atoms with van der Waals surface area (Å²) in [4.78, 5) is 14.9. The molecule has 168 valence electrons. The van der Waals surface area contributed by atoms with Crippen molar-refractivity contribution in [2.24, 2.45) is 0 Å². The lowest BCUT2D eigenvalue weighted by Crippen LogP contribution is -2.40. The van der Waals surface area contributed by atoms with E-state index in [1.165, 1.54) is 31.6 Å². The van der Waals surface area contributed by atoms with Gasteiger partial charge in [0, 0.05) is 13.1 Å². The number of benzene rings is 2. The number of carbonyl (C=O) groups excluding carboxylic acids is 1. The van der Waals surface area contributed by atoms with E-state index in [9.17, 15) is 13.2 Å². The molecule has 1 saturated heterocycles. The first-order chi connectivity index (χ1) is 14.8. The highest BCUT2D eigenvalue weighted by atomic mass is 35.5. The predicted octanol–water partition coefficient (Wildman–Crippen LogP) is 3.03. The monoisotopic (exact) mass is 465 g/mol. The third-order valence-corrected chi connectivity index (χ3v) is 6.66. The van der Waals surface area contributed by atoms with E-state index >= 15 is 0 Å². The van der Waals surface area contributed by atoms with E-state index in [0.717, 1.165) is 35.8 Å². The normalized spacial score (nSPS) is 14.4. The van der Waals surface area contributed by atoms with Gasteiger partial charge < -0.3 is 10.1 Å². The molecule has 1 fully saturated rings. The number of nitrogens with zero attached hydrogens (tertiary/aromatic N) is 2. The number of likely N-dealkylation sites (tertiary alicyclic amines) is 1. The van der Waals surface area contributed by atoms with Crippen LogP contribution in [0.15, 0.2) is 42.5 Å². The van der Waals surface area contributed by atoms with Crippen LogP contribution in [0.4, 0.5) is 5.69 Å². The summed E-state index contributed by atoms with van der Waals surface area (Å²) in [7, 11) is -2.21. The van der Waals surface area contributed by atoms with Crippen LogP contribution < -0.4 is 14.4 Å². The Labute approximate surface area is 189 Å².